The van der Waals surface area contributed by atoms with Crippen LogP contribution in [0.4, 0.5) is 9.59 Å². The molecule has 2 rings (SSSR count). The van der Waals surface area contributed by atoms with Gasteiger partial charge < -0.3 is 15.1 Å². The smallest absolute Gasteiger partial charge is 0.415 e. The van der Waals surface area contributed by atoms with Crippen molar-refractivity contribution in [3.05, 3.63) is 35.4 Å². The van der Waals surface area contributed by atoms with Gasteiger partial charge in [-0.3, -0.25) is 4.79 Å². The molecule has 0 saturated heterocycles. The minimum atomic E-state index is -1.33. The van der Waals surface area contributed by atoms with Gasteiger partial charge in [-0.15, -0.1) is 0 Å². The van der Waals surface area contributed by atoms with Crippen LogP contribution < -0.4 is 0 Å². The Hall–Kier alpha value is -2.41. The van der Waals surface area contributed by atoms with E-state index in [9.17, 15) is 24.6 Å². The lowest BCUT2D eigenvalue weighted by atomic mass is 9.92. The number of fused-ring (bicyclic) bond motifs is 1. The SMILES string of the molecule is CC(C)CCN(C(=O)O)C(=O)N1Cc2ccccc2CC1C(=O)CO. The van der Waals surface area contributed by atoms with Crippen LogP contribution in [0.3, 0.4) is 0 Å². The number of hydrogen-bond donors (Lipinski definition) is 2. The third-order valence-corrected chi connectivity index (χ3v) is 4.41. The molecule has 1 aromatic carbocycles. The first-order chi connectivity index (χ1) is 11.8. The number of hydrogen-bond acceptors (Lipinski definition) is 4. The van der Waals surface area contributed by atoms with Crippen LogP contribution in [0, 0.1) is 5.92 Å². The van der Waals surface area contributed by atoms with Gasteiger partial charge in [0.25, 0.3) is 0 Å². The lowest BCUT2D eigenvalue weighted by Gasteiger charge is -2.37. The number of carboxylic acid groups (broad SMARTS) is 1. The second-order valence-electron chi connectivity index (χ2n) is 6.64. The fraction of sp³-hybridized carbons (Fsp3) is 0.500. The molecule has 136 valence electrons. The molecular weight excluding hydrogens is 324 g/mol. The van der Waals surface area contributed by atoms with E-state index in [1.165, 1.54) is 4.90 Å². The molecule has 3 amide bonds. The first-order valence-electron chi connectivity index (χ1n) is 8.36. The molecule has 2 N–H and O–H groups in total. The maximum Gasteiger partial charge on any atom is 0.415 e. The van der Waals surface area contributed by atoms with E-state index in [0.29, 0.717) is 6.42 Å². The minimum Gasteiger partial charge on any atom is -0.465 e. The van der Waals surface area contributed by atoms with E-state index in [0.717, 1.165) is 16.0 Å². The van der Waals surface area contributed by atoms with Gasteiger partial charge in [-0.05, 0) is 23.5 Å². The first-order valence-corrected chi connectivity index (χ1v) is 8.36. The van der Waals surface area contributed by atoms with Gasteiger partial charge in [0.15, 0.2) is 5.78 Å². The average Bonchev–Trinajstić information content (AvgIpc) is 2.59. The number of aliphatic hydroxyl groups is 1. The zero-order valence-electron chi connectivity index (χ0n) is 14.5. The van der Waals surface area contributed by atoms with E-state index in [4.69, 9.17) is 0 Å². The predicted molar refractivity (Wildman–Crippen MR) is 91.2 cm³/mol. The summed E-state index contributed by atoms with van der Waals surface area (Å²) in [6.07, 6.45) is -0.514. The van der Waals surface area contributed by atoms with Crippen molar-refractivity contribution in [3.8, 4) is 0 Å². The van der Waals surface area contributed by atoms with Crippen molar-refractivity contribution in [1.82, 2.24) is 9.80 Å². The molecule has 1 aliphatic rings. The third kappa shape index (κ3) is 4.36. The molecule has 0 bridgehead atoms. The number of benzene rings is 1. The summed E-state index contributed by atoms with van der Waals surface area (Å²) < 4.78 is 0. The second kappa shape index (κ2) is 8.11. The van der Waals surface area contributed by atoms with Gasteiger partial charge in [0.1, 0.15) is 6.61 Å². The van der Waals surface area contributed by atoms with E-state index in [1.54, 1.807) is 0 Å². The lowest BCUT2D eigenvalue weighted by molar-refractivity contribution is -0.126. The number of Topliss-reactive ketones (excluding diaryl/α,β-unsaturated/α-hetero) is 1. The van der Waals surface area contributed by atoms with Crippen molar-refractivity contribution in [2.24, 2.45) is 5.92 Å². The molecule has 0 saturated carbocycles. The second-order valence-corrected chi connectivity index (χ2v) is 6.64. The molecule has 1 unspecified atom stereocenters. The minimum absolute atomic E-state index is 0.0734. The highest BCUT2D eigenvalue weighted by Gasteiger charge is 2.37. The number of carbonyl (C=O) groups is 3. The van der Waals surface area contributed by atoms with Crippen molar-refractivity contribution in [2.75, 3.05) is 13.2 Å². The van der Waals surface area contributed by atoms with Gasteiger partial charge >= 0.3 is 12.1 Å². The van der Waals surface area contributed by atoms with E-state index >= 15 is 0 Å². The topological polar surface area (TPSA) is 98.2 Å². The highest BCUT2D eigenvalue weighted by molar-refractivity contribution is 5.95. The summed E-state index contributed by atoms with van der Waals surface area (Å²) in [5, 5.41) is 18.6. The van der Waals surface area contributed by atoms with Crippen molar-refractivity contribution < 1.29 is 24.6 Å². The molecule has 1 heterocycles. The van der Waals surface area contributed by atoms with Crippen LogP contribution >= 0.6 is 0 Å². The summed E-state index contributed by atoms with van der Waals surface area (Å²) in [7, 11) is 0. The number of aliphatic hydroxyl groups excluding tert-OH is 1. The Morgan fingerprint density at radius 1 is 1.24 bits per heavy atom. The molecular formula is C18H24N2O5. The van der Waals surface area contributed by atoms with Crippen LogP contribution in [0.15, 0.2) is 24.3 Å². The molecule has 0 spiro atoms. The molecule has 7 nitrogen and oxygen atoms in total. The molecule has 0 radical (unpaired) electrons. The molecule has 1 aliphatic heterocycles. The fourth-order valence-corrected chi connectivity index (χ4v) is 2.93. The van der Waals surface area contributed by atoms with Gasteiger partial charge in [-0.2, -0.15) is 0 Å². The normalized spacial score (nSPS) is 16.5. The van der Waals surface area contributed by atoms with Crippen LogP contribution in [-0.4, -0.2) is 57.1 Å². The summed E-state index contributed by atoms with van der Waals surface area (Å²) in [6, 6.07) is 5.85. The van der Waals surface area contributed by atoms with Crippen LogP contribution in [0.5, 0.6) is 0 Å². The highest BCUT2D eigenvalue weighted by atomic mass is 16.4. The number of amides is 3. The Morgan fingerprint density at radius 3 is 2.44 bits per heavy atom. The summed E-state index contributed by atoms with van der Waals surface area (Å²) in [4.78, 5) is 38.5. The number of ketones is 1. The summed E-state index contributed by atoms with van der Waals surface area (Å²) >= 11 is 0. The number of carbonyl (C=O) groups excluding carboxylic acids is 2. The molecule has 25 heavy (non-hydrogen) atoms. The zero-order valence-corrected chi connectivity index (χ0v) is 14.5. The Bertz CT molecular complexity index is 659. The Labute approximate surface area is 146 Å². The average molecular weight is 348 g/mol. The van der Waals surface area contributed by atoms with Crippen LogP contribution in [0.2, 0.25) is 0 Å². The Morgan fingerprint density at radius 2 is 1.88 bits per heavy atom. The van der Waals surface area contributed by atoms with E-state index in [-0.39, 0.29) is 25.4 Å². The number of urea groups is 1. The number of rotatable bonds is 5. The van der Waals surface area contributed by atoms with Gasteiger partial charge in [0.2, 0.25) is 0 Å². The maximum atomic E-state index is 12.8. The van der Waals surface area contributed by atoms with Crippen LogP contribution in [0.1, 0.15) is 31.4 Å². The fourth-order valence-electron chi connectivity index (χ4n) is 2.93. The van der Waals surface area contributed by atoms with E-state index < -0.39 is 30.6 Å². The number of imide groups is 1. The molecule has 7 heteroatoms. The van der Waals surface area contributed by atoms with Gasteiger partial charge in [0.05, 0.1) is 6.04 Å². The van der Waals surface area contributed by atoms with Crippen molar-refractivity contribution in [1.29, 1.82) is 0 Å². The maximum absolute atomic E-state index is 12.8. The summed E-state index contributed by atoms with van der Waals surface area (Å²) in [6.45, 7) is 3.43. The van der Waals surface area contributed by atoms with Gasteiger partial charge in [0, 0.05) is 19.5 Å². The summed E-state index contributed by atoms with van der Waals surface area (Å²) in [5.74, 6) is -0.247. The summed E-state index contributed by atoms with van der Waals surface area (Å²) in [5.41, 5.74) is 1.81. The molecule has 0 aromatic heterocycles. The van der Waals surface area contributed by atoms with Gasteiger partial charge in [-0.1, -0.05) is 38.1 Å². The largest absolute Gasteiger partial charge is 0.465 e. The van der Waals surface area contributed by atoms with Crippen molar-refractivity contribution in [2.45, 2.75) is 39.3 Å². The van der Waals surface area contributed by atoms with E-state index in [1.807, 2.05) is 38.1 Å². The number of nitrogens with zero attached hydrogens (tertiary/aromatic N) is 2. The van der Waals surface area contributed by atoms with Crippen molar-refractivity contribution >= 4 is 17.9 Å². The standard InChI is InChI=1S/C18H24N2O5/c1-12(2)7-8-19(18(24)25)17(23)20-10-14-6-4-3-5-13(14)9-15(20)16(22)11-21/h3-6,12,15,21H,7-11H2,1-2H3,(H,24,25). The lowest BCUT2D eigenvalue weighted by Crippen LogP contribution is -2.55. The van der Waals surface area contributed by atoms with E-state index in [2.05, 4.69) is 0 Å². The Balaban J connectivity index is 2.30. The molecule has 1 aromatic rings. The van der Waals surface area contributed by atoms with Crippen LogP contribution in [0.25, 0.3) is 0 Å². The molecule has 1 atom stereocenters. The quantitative estimate of drug-likeness (QED) is 0.849. The van der Waals surface area contributed by atoms with Gasteiger partial charge in [-0.25, -0.2) is 14.5 Å². The highest BCUT2D eigenvalue weighted by Crippen LogP contribution is 2.25. The third-order valence-electron chi connectivity index (χ3n) is 4.41. The monoisotopic (exact) mass is 348 g/mol. The molecule has 0 aliphatic carbocycles. The van der Waals surface area contributed by atoms with Crippen molar-refractivity contribution in [3.63, 3.8) is 0 Å². The Kier molecular flexibility index (Phi) is 6.14. The van der Waals surface area contributed by atoms with Crippen LogP contribution in [-0.2, 0) is 17.8 Å². The zero-order chi connectivity index (χ0) is 18.6. The first kappa shape index (κ1) is 18.9. The molecule has 0 fully saturated rings. The predicted octanol–water partition coefficient (Wildman–Crippen LogP) is 2.12.